The highest BCUT2D eigenvalue weighted by Crippen LogP contribution is 2.15. The lowest BCUT2D eigenvalue weighted by Crippen LogP contribution is -2.41. The number of benzene rings is 1. The van der Waals surface area contributed by atoms with E-state index in [1.807, 2.05) is 12.1 Å². The lowest BCUT2D eigenvalue weighted by molar-refractivity contribution is -0.121. The zero-order valence-electron chi connectivity index (χ0n) is 13.2. The molecule has 0 fully saturated rings. The molecule has 3 N–H and O–H groups in total. The fraction of sp³-hybridized carbons (Fsp3) is 0.294. The van der Waals surface area contributed by atoms with Gasteiger partial charge in [-0.25, -0.2) is 0 Å². The SMILES string of the molecule is CC(C)c1ccc(CCC(=O)NNC(=O)c2cc(Br)c[nH]2)cc1. The first kappa shape index (κ1) is 17.3. The van der Waals surface area contributed by atoms with E-state index in [1.54, 1.807) is 12.3 Å². The summed E-state index contributed by atoms with van der Waals surface area (Å²) in [6, 6.07) is 9.89. The van der Waals surface area contributed by atoms with E-state index in [9.17, 15) is 9.59 Å². The van der Waals surface area contributed by atoms with Gasteiger partial charge in [0, 0.05) is 17.1 Å². The van der Waals surface area contributed by atoms with E-state index in [2.05, 4.69) is 57.7 Å². The number of carbonyl (C=O) groups excluding carboxylic acids is 2. The summed E-state index contributed by atoms with van der Waals surface area (Å²) in [5.41, 5.74) is 7.56. The maximum Gasteiger partial charge on any atom is 0.286 e. The monoisotopic (exact) mass is 377 g/mol. The van der Waals surface area contributed by atoms with E-state index in [4.69, 9.17) is 0 Å². The second kappa shape index (κ2) is 7.97. The molecule has 6 heteroatoms. The molecular formula is C17H20BrN3O2. The van der Waals surface area contributed by atoms with E-state index in [0.717, 1.165) is 10.0 Å². The van der Waals surface area contributed by atoms with Crippen molar-refractivity contribution in [3.63, 3.8) is 0 Å². The molecule has 2 rings (SSSR count). The van der Waals surface area contributed by atoms with Crippen molar-refractivity contribution in [1.29, 1.82) is 0 Å². The van der Waals surface area contributed by atoms with Crippen LogP contribution in [0.15, 0.2) is 41.0 Å². The Balaban J connectivity index is 1.75. The Morgan fingerprint density at radius 1 is 1.17 bits per heavy atom. The lowest BCUT2D eigenvalue weighted by atomic mass is 10.0. The zero-order chi connectivity index (χ0) is 16.8. The van der Waals surface area contributed by atoms with Gasteiger partial charge in [-0.2, -0.15) is 0 Å². The molecule has 23 heavy (non-hydrogen) atoms. The van der Waals surface area contributed by atoms with Crippen LogP contribution in [-0.2, 0) is 11.2 Å². The van der Waals surface area contributed by atoms with E-state index < -0.39 is 0 Å². The summed E-state index contributed by atoms with van der Waals surface area (Å²) in [7, 11) is 0. The van der Waals surface area contributed by atoms with Crippen LogP contribution in [0.1, 0.15) is 47.8 Å². The third-order valence-electron chi connectivity index (χ3n) is 3.49. The molecular weight excluding hydrogens is 358 g/mol. The largest absolute Gasteiger partial charge is 0.356 e. The highest BCUT2D eigenvalue weighted by molar-refractivity contribution is 9.10. The molecule has 2 aromatic rings. The van der Waals surface area contributed by atoms with Crippen LogP contribution in [0.3, 0.4) is 0 Å². The lowest BCUT2D eigenvalue weighted by Gasteiger charge is -2.08. The topological polar surface area (TPSA) is 74.0 Å². The summed E-state index contributed by atoms with van der Waals surface area (Å²) in [5.74, 6) is -0.113. The maximum absolute atomic E-state index is 11.8. The van der Waals surface area contributed by atoms with Gasteiger partial charge in [0.25, 0.3) is 5.91 Å². The number of hydrogen-bond donors (Lipinski definition) is 3. The Kier molecular flexibility index (Phi) is 5.98. The number of halogens is 1. The fourth-order valence-electron chi connectivity index (χ4n) is 2.08. The predicted octanol–water partition coefficient (Wildman–Crippen LogP) is 3.29. The number of aryl methyl sites for hydroxylation is 1. The van der Waals surface area contributed by atoms with Crippen molar-refractivity contribution >= 4 is 27.7 Å². The van der Waals surface area contributed by atoms with E-state index in [-0.39, 0.29) is 11.8 Å². The van der Waals surface area contributed by atoms with Gasteiger partial charge >= 0.3 is 0 Å². The van der Waals surface area contributed by atoms with Gasteiger partial charge < -0.3 is 4.98 Å². The zero-order valence-corrected chi connectivity index (χ0v) is 14.7. The van der Waals surface area contributed by atoms with Crippen molar-refractivity contribution in [3.05, 3.63) is 57.8 Å². The quantitative estimate of drug-likeness (QED) is 0.699. The van der Waals surface area contributed by atoms with Gasteiger partial charge in [0.1, 0.15) is 5.69 Å². The Labute approximate surface area is 144 Å². The summed E-state index contributed by atoms with van der Waals surface area (Å²) < 4.78 is 0.777. The molecule has 1 heterocycles. The third-order valence-corrected chi connectivity index (χ3v) is 3.95. The maximum atomic E-state index is 11.8. The minimum Gasteiger partial charge on any atom is -0.356 e. The van der Waals surface area contributed by atoms with Gasteiger partial charge in [-0.3, -0.25) is 20.4 Å². The van der Waals surface area contributed by atoms with Crippen LogP contribution in [0, 0.1) is 0 Å². The molecule has 0 saturated carbocycles. The number of aromatic nitrogens is 1. The van der Waals surface area contributed by atoms with Gasteiger partial charge in [-0.15, -0.1) is 0 Å². The molecule has 0 saturated heterocycles. The highest BCUT2D eigenvalue weighted by Gasteiger charge is 2.09. The summed E-state index contributed by atoms with van der Waals surface area (Å²) in [6.45, 7) is 4.29. The van der Waals surface area contributed by atoms with E-state index >= 15 is 0 Å². The Morgan fingerprint density at radius 3 is 2.43 bits per heavy atom. The number of hydrazine groups is 1. The van der Waals surface area contributed by atoms with Gasteiger partial charge in [0.2, 0.25) is 5.91 Å². The summed E-state index contributed by atoms with van der Waals surface area (Å²) in [4.78, 5) is 26.3. The molecule has 0 spiro atoms. The van der Waals surface area contributed by atoms with Crippen molar-refractivity contribution < 1.29 is 9.59 Å². The van der Waals surface area contributed by atoms with E-state index in [0.29, 0.717) is 24.5 Å². The second-order valence-electron chi connectivity index (χ2n) is 5.63. The molecule has 1 aromatic carbocycles. The molecule has 0 aliphatic rings. The summed E-state index contributed by atoms with van der Waals surface area (Å²) in [5, 5.41) is 0. The first-order valence-corrected chi connectivity index (χ1v) is 8.27. The van der Waals surface area contributed by atoms with Gasteiger partial charge in [-0.1, -0.05) is 38.1 Å². The standard InChI is InChI=1S/C17H20BrN3O2/c1-11(2)13-6-3-12(4-7-13)5-8-16(22)20-21-17(23)15-9-14(18)10-19-15/h3-4,6-7,9-11,19H,5,8H2,1-2H3,(H,20,22)(H,21,23). The minimum absolute atomic E-state index is 0.225. The summed E-state index contributed by atoms with van der Waals surface area (Å²) >= 11 is 3.25. The molecule has 1 aromatic heterocycles. The normalized spacial score (nSPS) is 10.6. The average molecular weight is 378 g/mol. The number of amides is 2. The van der Waals surface area contributed by atoms with Gasteiger partial charge in [0.15, 0.2) is 0 Å². The minimum atomic E-state index is -0.384. The molecule has 0 bridgehead atoms. The number of hydrogen-bond acceptors (Lipinski definition) is 2. The summed E-state index contributed by atoms with van der Waals surface area (Å²) in [6.07, 6.45) is 2.60. The van der Waals surface area contributed by atoms with Crippen LogP contribution in [0.5, 0.6) is 0 Å². The second-order valence-corrected chi connectivity index (χ2v) is 6.55. The molecule has 0 radical (unpaired) electrons. The number of rotatable bonds is 5. The van der Waals surface area contributed by atoms with Crippen molar-refractivity contribution in [2.75, 3.05) is 0 Å². The number of H-pyrrole nitrogens is 1. The Hall–Kier alpha value is -2.08. The Bertz CT molecular complexity index is 677. The van der Waals surface area contributed by atoms with Crippen molar-refractivity contribution in [2.45, 2.75) is 32.6 Å². The van der Waals surface area contributed by atoms with Crippen molar-refractivity contribution in [2.24, 2.45) is 0 Å². The third kappa shape index (κ3) is 5.25. The van der Waals surface area contributed by atoms with Crippen LogP contribution < -0.4 is 10.9 Å². The molecule has 122 valence electrons. The first-order chi connectivity index (χ1) is 11.0. The Morgan fingerprint density at radius 2 is 1.87 bits per heavy atom. The molecule has 0 atom stereocenters. The van der Waals surface area contributed by atoms with Gasteiger partial charge in [0.05, 0.1) is 0 Å². The average Bonchev–Trinajstić information content (AvgIpc) is 2.97. The first-order valence-electron chi connectivity index (χ1n) is 7.47. The van der Waals surface area contributed by atoms with E-state index in [1.165, 1.54) is 5.56 Å². The van der Waals surface area contributed by atoms with Crippen LogP contribution in [-0.4, -0.2) is 16.8 Å². The van der Waals surface area contributed by atoms with Crippen LogP contribution in [0.4, 0.5) is 0 Å². The smallest absolute Gasteiger partial charge is 0.286 e. The fourth-order valence-corrected chi connectivity index (χ4v) is 2.43. The molecule has 2 amide bonds. The van der Waals surface area contributed by atoms with Crippen molar-refractivity contribution in [3.8, 4) is 0 Å². The number of carbonyl (C=O) groups is 2. The molecule has 0 unspecified atom stereocenters. The highest BCUT2D eigenvalue weighted by atomic mass is 79.9. The van der Waals surface area contributed by atoms with Crippen molar-refractivity contribution in [1.82, 2.24) is 15.8 Å². The number of nitrogens with one attached hydrogen (secondary N) is 3. The molecule has 0 aliphatic carbocycles. The predicted molar refractivity (Wildman–Crippen MR) is 93.0 cm³/mol. The number of aromatic amines is 1. The molecule has 5 nitrogen and oxygen atoms in total. The molecule has 0 aliphatic heterocycles. The van der Waals surface area contributed by atoms with Gasteiger partial charge in [-0.05, 0) is 45.5 Å². The van der Waals surface area contributed by atoms with Crippen LogP contribution in [0.2, 0.25) is 0 Å². The van der Waals surface area contributed by atoms with Crippen LogP contribution >= 0.6 is 15.9 Å². The van der Waals surface area contributed by atoms with Crippen LogP contribution in [0.25, 0.3) is 0 Å².